The first kappa shape index (κ1) is 12.8. The minimum absolute atomic E-state index is 0.710. The molecule has 0 atom stereocenters. The lowest BCUT2D eigenvalue weighted by Gasteiger charge is -2.08. The van der Waals surface area contributed by atoms with Gasteiger partial charge in [0, 0.05) is 22.3 Å². The largest absolute Gasteiger partial charge is 0.236 e. The predicted octanol–water partition coefficient (Wildman–Crippen LogP) is 4.77. The molecular weight excluding hydrogens is 268 g/mol. The van der Waals surface area contributed by atoms with E-state index in [4.69, 9.17) is 11.6 Å². The van der Waals surface area contributed by atoms with Crippen LogP contribution in [0.3, 0.4) is 0 Å². The summed E-state index contributed by atoms with van der Waals surface area (Å²) >= 11 is 6.06. The zero-order valence-electron chi connectivity index (χ0n) is 11.0. The van der Waals surface area contributed by atoms with Crippen LogP contribution in [0, 0.1) is 6.92 Å². The molecule has 0 aliphatic rings. The molecule has 3 heteroatoms. The molecule has 98 valence electrons. The number of nitrogens with zero attached hydrogens (tertiary/aromatic N) is 2. The second kappa shape index (κ2) is 5.43. The summed E-state index contributed by atoms with van der Waals surface area (Å²) in [7, 11) is 0. The third kappa shape index (κ3) is 2.56. The Bertz CT molecular complexity index is 739. The Balaban J connectivity index is 2.12. The summed E-state index contributed by atoms with van der Waals surface area (Å²) in [6.07, 6.45) is 1.85. The Labute approximate surface area is 123 Å². The molecule has 20 heavy (non-hydrogen) atoms. The number of hydrogen-bond acceptors (Lipinski definition) is 2. The predicted molar refractivity (Wildman–Crippen MR) is 82.7 cm³/mol. The van der Waals surface area contributed by atoms with Crippen molar-refractivity contribution in [3.05, 3.63) is 71.4 Å². The Hall–Kier alpha value is -2.19. The van der Waals surface area contributed by atoms with Crippen molar-refractivity contribution in [1.29, 1.82) is 0 Å². The van der Waals surface area contributed by atoms with E-state index in [-0.39, 0.29) is 0 Å². The molecule has 0 fully saturated rings. The summed E-state index contributed by atoms with van der Waals surface area (Å²) in [6, 6.07) is 17.7. The molecule has 2 aromatic carbocycles. The van der Waals surface area contributed by atoms with Gasteiger partial charge >= 0.3 is 0 Å². The molecule has 0 bridgehead atoms. The Morgan fingerprint density at radius 1 is 0.900 bits per heavy atom. The molecule has 2 nitrogen and oxygen atoms in total. The molecule has 0 radical (unpaired) electrons. The van der Waals surface area contributed by atoms with Crippen LogP contribution in [0.15, 0.2) is 60.8 Å². The molecule has 0 N–H and O–H groups in total. The molecule has 3 rings (SSSR count). The molecule has 0 spiro atoms. The number of aromatic nitrogens is 2. The lowest BCUT2D eigenvalue weighted by molar-refractivity contribution is 1.14. The normalized spacial score (nSPS) is 10.5. The molecule has 1 heterocycles. The average Bonchev–Trinajstić information content (AvgIpc) is 2.48. The smallest absolute Gasteiger partial charge is 0.159 e. The van der Waals surface area contributed by atoms with Gasteiger partial charge in [0.15, 0.2) is 5.82 Å². The molecule has 0 amide bonds. The SMILES string of the molecule is Cc1cnc(-c2ccccc2)nc1-c1cccc(Cl)c1. The lowest BCUT2D eigenvalue weighted by Crippen LogP contribution is -1.95. The summed E-state index contributed by atoms with van der Waals surface area (Å²) in [4.78, 5) is 9.10. The molecule has 0 aliphatic heterocycles. The third-order valence-electron chi connectivity index (χ3n) is 3.10. The zero-order chi connectivity index (χ0) is 13.9. The molecule has 0 unspecified atom stereocenters. The fourth-order valence-corrected chi connectivity index (χ4v) is 2.29. The Morgan fingerprint density at radius 3 is 2.40 bits per heavy atom. The van der Waals surface area contributed by atoms with Crippen molar-refractivity contribution in [3.63, 3.8) is 0 Å². The van der Waals surface area contributed by atoms with Crippen LogP contribution >= 0.6 is 11.6 Å². The van der Waals surface area contributed by atoms with Crippen molar-refractivity contribution >= 4 is 11.6 Å². The highest BCUT2D eigenvalue weighted by atomic mass is 35.5. The van der Waals surface area contributed by atoms with Crippen molar-refractivity contribution in [3.8, 4) is 22.6 Å². The number of hydrogen-bond donors (Lipinski definition) is 0. The highest BCUT2D eigenvalue weighted by Gasteiger charge is 2.08. The summed E-state index contributed by atoms with van der Waals surface area (Å²) in [5, 5.41) is 0.710. The van der Waals surface area contributed by atoms with E-state index >= 15 is 0 Å². The van der Waals surface area contributed by atoms with E-state index in [1.165, 1.54) is 0 Å². The topological polar surface area (TPSA) is 25.8 Å². The van der Waals surface area contributed by atoms with Crippen LogP contribution in [0.4, 0.5) is 0 Å². The van der Waals surface area contributed by atoms with Gasteiger partial charge in [-0.05, 0) is 24.6 Å². The summed E-state index contributed by atoms with van der Waals surface area (Å²) < 4.78 is 0. The lowest BCUT2D eigenvalue weighted by atomic mass is 10.1. The van der Waals surface area contributed by atoms with Crippen molar-refractivity contribution in [2.45, 2.75) is 6.92 Å². The average molecular weight is 281 g/mol. The quantitative estimate of drug-likeness (QED) is 0.675. The standard InChI is InChI=1S/C17H13ClN2/c1-12-11-19-17(13-6-3-2-4-7-13)20-16(12)14-8-5-9-15(18)10-14/h2-11H,1H3. The van der Waals surface area contributed by atoms with Crippen molar-refractivity contribution < 1.29 is 0 Å². The number of benzene rings is 2. The summed E-state index contributed by atoms with van der Waals surface area (Å²) in [5.41, 5.74) is 3.97. The third-order valence-corrected chi connectivity index (χ3v) is 3.34. The van der Waals surface area contributed by atoms with Gasteiger partial charge in [0.25, 0.3) is 0 Å². The fraction of sp³-hybridized carbons (Fsp3) is 0.0588. The first-order valence-electron chi connectivity index (χ1n) is 6.39. The summed E-state index contributed by atoms with van der Waals surface area (Å²) in [6.45, 7) is 2.00. The second-order valence-corrected chi connectivity index (χ2v) is 5.04. The number of rotatable bonds is 2. The first-order chi connectivity index (χ1) is 9.74. The highest BCUT2D eigenvalue weighted by molar-refractivity contribution is 6.30. The van der Waals surface area contributed by atoms with Crippen molar-refractivity contribution in [2.75, 3.05) is 0 Å². The van der Waals surface area contributed by atoms with Gasteiger partial charge in [-0.2, -0.15) is 0 Å². The monoisotopic (exact) mass is 280 g/mol. The van der Waals surface area contributed by atoms with Gasteiger partial charge in [-0.1, -0.05) is 54.1 Å². The van der Waals surface area contributed by atoms with Crippen molar-refractivity contribution in [1.82, 2.24) is 9.97 Å². The Kier molecular flexibility index (Phi) is 3.48. The molecule has 1 aromatic heterocycles. The van der Waals surface area contributed by atoms with Crippen molar-refractivity contribution in [2.24, 2.45) is 0 Å². The Morgan fingerprint density at radius 2 is 1.65 bits per heavy atom. The number of aryl methyl sites for hydroxylation is 1. The maximum absolute atomic E-state index is 6.06. The van der Waals surface area contributed by atoms with Gasteiger partial charge in [-0.3, -0.25) is 0 Å². The van der Waals surface area contributed by atoms with Gasteiger partial charge in [0.1, 0.15) is 0 Å². The fourth-order valence-electron chi connectivity index (χ4n) is 2.10. The van der Waals surface area contributed by atoms with E-state index in [0.29, 0.717) is 5.02 Å². The molecule has 3 aromatic rings. The maximum atomic E-state index is 6.06. The molecule has 0 aliphatic carbocycles. The highest BCUT2D eigenvalue weighted by Crippen LogP contribution is 2.25. The molecule has 0 saturated carbocycles. The van der Waals surface area contributed by atoms with Gasteiger partial charge in [0.05, 0.1) is 5.69 Å². The first-order valence-corrected chi connectivity index (χ1v) is 6.77. The van der Waals surface area contributed by atoms with E-state index in [9.17, 15) is 0 Å². The van der Waals surface area contributed by atoms with E-state index in [1.807, 2.05) is 67.7 Å². The minimum atomic E-state index is 0.710. The molecular formula is C17H13ClN2. The van der Waals surface area contributed by atoms with Crippen LogP contribution < -0.4 is 0 Å². The summed E-state index contributed by atoms with van der Waals surface area (Å²) in [5.74, 6) is 0.728. The molecule has 0 saturated heterocycles. The van der Waals surface area contributed by atoms with Crippen LogP contribution in [-0.2, 0) is 0 Å². The maximum Gasteiger partial charge on any atom is 0.159 e. The van der Waals surface area contributed by atoms with Crippen LogP contribution in [0.5, 0.6) is 0 Å². The van der Waals surface area contributed by atoms with E-state index in [0.717, 1.165) is 28.2 Å². The minimum Gasteiger partial charge on any atom is -0.236 e. The zero-order valence-corrected chi connectivity index (χ0v) is 11.8. The van der Waals surface area contributed by atoms with Gasteiger partial charge < -0.3 is 0 Å². The van der Waals surface area contributed by atoms with E-state index in [2.05, 4.69) is 9.97 Å². The van der Waals surface area contributed by atoms with E-state index in [1.54, 1.807) is 0 Å². The van der Waals surface area contributed by atoms with Gasteiger partial charge in [0.2, 0.25) is 0 Å². The second-order valence-electron chi connectivity index (χ2n) is 4.60. The van der Waals surface area contributed by atoms with Crippen LogP contribution in [0.25, 0.3) is 22.6 Å². The van der Waals surface area contributed by atoms with Crippen LogP contribution in [0.2, 0.25) is 5.02 Å². The van der Waals surface area contributed by atoms with Gasteiger partial charge in [-0.25, -0.2) is 9.97 Å². The van der Waals surface area contributed by atoms with Crippen LogP contribution in [0.1, 0.15) is 5.56 Å². The van der Waals surface area contributed by atoms with Crippen LogP contribution in [-0.4, -0.2) is 9.97 Å². The number of halogens is 1. The van der Waals surface area contributed by atoms with Gasteiger partial charge in [-0.15, -0.1) is 0 Å². The van der Waals surface area contributed by atoms with E-state index < -0.39 is 0 Å².